The molecule has 0 spiro atoms. The number of ether oxygens (including phenoxy) is 1. The average molecular weight is 469 g/mol. The second-order valence-corrected chi connectivity index (χ2v) is 9.11. The Morgan fingerprint density at radius 3 is 2.49 bits per heavy atom. The van der Waals surface area contributed by atoms with Gasteiger partial charge in [-0.3, -0.25) is 9.69 Å². The lowest BCUT2D eigenvalue weighted by atomic mass is 9.86. The fourth-order valence-electron chi connectivity index (χ4n) is 5.24. The number of nitrogens with zero attached hydrogens (tertiary/aromatic N) is 3. The number of methoxy groups -OCH3 is 1. The standard InChI is InChI=1S/C28H28N4O3/c1-3-12-31-13-15-32(16-14-31)23-17-22(29-18-8-10-19(34-2)11-9-18)24-25-26(23)30-35-28(25)21-7-5-4-6-20(21)27(24)33/h4-11,17,29H,3,12-16H2,1-2H3. The van der Waals surface area contributed by atoms with Crippen LogP contribution in [-0.2, 0) is 0 Å². The van der Waals surface area contributed by atoms with E-state index in [0.29, 0.717) is 16.9 Å². The molecule has 2 aliphatic rings. The Balaban J connectivity index is 1.49. The molecule has 3 aromatic carbocycles. The van der Waals surface area contributed by atoms with Gasteiger partial charge in [0.15, 0.2) is 11.5 Å². The number of anilines is 3. The highest BCUT2D eigenvalue weighted by Crippen LogP contribution is 2.46. The first-order chi connectivity index (χ1) is 17.2. The smallest absolute Gasteiger partial charge is 0.196 e. The third kappa shape index (κ3) is 3.63. The van der Waals surface area contributed by atoms with Gasteiger partial charge < -0.3 is 19.5 Å². The van der Waals surface area contributed by atoms with Crippen LogP contribution in [-0.4, -0.2) is 55.7 Å². The van der Waals surface area contributed by atoms with Crippen LogP contribution < -0.4 is 15.0 Å². The van der Waals surface area contributed by atoms with Gasteiger partial charge in [0.25, 0.3) is 0 Å². The number of benzene rings is 3. The maximum absolute atomic E-state index is 13.8. The molecule has 2 heterocycles. The minimum Gasteiger partial charge on any atom is -0.497 e. The highest BCUT2D eigenvalue weighted by molar-refractivity contribution is 6.28. The van der Waals surface area contributed by atoms with Crippen LogP contribution in [0, 0.1) is 0 Å². The Bertz CT molecular complexity index is 1400. The number of ketones is 1. The summed E-state index contributed by atoms with van der Waals surface area (Å²) in [4.78, 5) is 18.6. The van der Waals surface area contributed by atoms with Gasteiger partial charge >= 0.3 is 0 Å². The molecule has 1 fully saturated rings. The third-order valence-electron chi connectivity index (χ3n) is 7.00. The Hall–Kier alpha value is -3.84. The van der Waals surface area contributed by atoms with Crippen LogP contribution in [0.5, 0.6) is 5.75 Å². The van der Waals surface area contributed by atoms with Gasteiger partial charge in [0.05, 0.1) is 29.4 Å². The van der Waals surface area contributed by atoms with E-state index in [9.17, 15) is 4.79 Å². The Kier molecular flexibility index (Phi) is 5.41. The molecule has 0 radical (unpaired) electrons. The molecule has 0 bridgehead atoms. The first-order valence-electron chi connectivity index (χ1n) is 12.2. The molecule has 0 atom stereocenters. The van der Waals surface area contributed by atoms with Gasteiger partial charge in [-0.1, -0.05) is 36.3 Å². The number of fused-ring (bicyclic) bond motifs is 2. The summed E-state index contributed by atoms with van der Waals surface area (Å²) < 4.78 is 11.2. The monoisotopic (exact) mass is 468 g/mol. The molecule has 0 saturated carbocycles. The van der Waals surface area contributed by atoms with E-state index in [2.05, 4.69) is 33.3 Å². The van der Waals surface area contributed by atoms with Crippen molar-refractivity contribution in [3.8, 4) is 17.1 Å². The van der Waals surface area contributed by atoms with E-state index >= 15 is 0 Å². The van der Waals surface area contributed by atoms with Crippen LogP contribution in [0.25, 0.3) is 22.2 Å². The summed E-state index contributed by atoms with van der Waals surface area (Å²) in [7, 11) is 1.65. The molecule has 0 amide bonds. The van der Waals surface area contributed by atoms with Crippen molar-refractivity contribution in [1.29, 1.82) is 0 Å². The Morgan fingerprint density at radius 1 is 1.03 bits per heavy atom. The SMILES string of the molecule is CCCN1CCN(c2cc(Nc3ccc(OC)cc3)c3c4c(onc24)-c2ccccc2C3=O)CC1. The minimum absolute atomic E-state index is 0.0170. The molecule has 4 aromatic rings. The van der Waals surface area contributed by atoms with Crippen molar-refractivity contribution >= 4 is 33.7 Å². The molecule has 1 aliphatic carbocycles. The van der Waals surface area contributed by atoms with Crippen LogP contribution in [0.1, 0.15) is 29.3 Å². The lowest BCUT2D eigenvalue weighted by Crippen LogP contribution is -2.46. The Morgan fingerprint density at radius 2 is 1.77 bits per heavy atom. The van der Waals surface area contributed by atoms with Gasteiger partial charge in [-0.05, 0) is 43.3 Å². The summed E-state index contributed by atoms with van der Waals surface area (Å²) >= 11 is 0. The molecule has 1 N–H and O–H groups in total. The molecule has 1 aliphatic heterocycles. The van der Waals surface area contributed by atoms with Crippen molar-refractivity contribution < 1.29 is 14.1 Å². The number of carbonyl (C=O) groups excluding carboxylic acids is 1. The van der Waals surface area contributed by atoms with Gasteiger partial charge in [-0.15, -0.1) is 0 Å². The summed E-state index contributed by atoms with van der Waals surface area (Å²) in [5.41, 5.74) is 5.44. The molecule has 1 aromatic heterocycles. The zero-order chi connectivity index (χ0) is 23.9. The van der Waals surface area contributed by atoms with Gasteiger partial charge in [0.2, 0.25) is 0 Å². The topological polar surface area (TPSA) is 70.8 Å². The predicted octanol–water partition coefficient (Wildman–Crippen LogP) is 5.32. The fourth-order valence-corrected chi connectivity index (χ4v) is 5.24. The van der Waals surface area contributed by atoms with Crippen LogP contribution in [0.3, 0.4) is 0 Å². The van der Waals surface area contributed by atoms with Crippen molar-refractivity contribution in [1.82, 2.24) is 10.1 Å². The molecule has 6 rings (SSSR count). The quantitative estimate of drug-likeness (QED) is 0.361. The zero-order valence-electron chi connectivity index (χ0n) is 20.0. The van der Waals surface area contributed by atoms with E-state index < -0.39 is 0 Å². The number of piperazine rings is 1. The van der Waals surface area contributed by atoms with Crippen molar-refractivity contribution in [3.63, 3.8) is 0 Å². The summed E-state index contributed by atoms with van der Waals surface area (Å²) in [6.07, 6.45) is 1.16. The number of nitrogens with one attached hydrogen (secondary N) is 1. The van der Waals surface area contributed by atoms with Crippen LogP contribution >= 0.6 is 0 Å². The normalized spacial score (nSPS) is 15.4. The van der Waals surface area contributed by atoms with Crippen LogP contribution in [0.4, 0.5) is 17.1 Å². The lowest BCUT2D eigenvalue weighted by molar-refractivity contribution is 0.104. The van der Waals surface area contributed by atoms with E-state index in [1.165, 1.54) is 0 Å². The van der Waals surface area contributed by atoms with E-state index in [1.54, 1.807) is 7.11 Å². The van der Waals surface area contributed by atoms with E-state index in [1.807, 2.05) is 48.5 Å². The molecule has 7 nitrogen and oxygen atoms in total. The van der Waals surface area contributed by atoms with E-state index in [-0.39, 0.29) is 5.78 Å². The Labute approximate surface area is 204 Å². The highest BCUT2D eigenvalue weighted by Gasteiger charge is 2.34. The number of hydrogen-bond donors (Lipinski definition) is 1. The maximum atomic E-state index is 13.8. The number of carbonyl (C=O) groups is 1. The van der Waals surface area contributed by atoms with Crippen molar-refractivity contribution in [2.75, 3.05) is 50.1 Å². The van der Waals surface area contributed by atoms with Gasteiger partial charge in [-0.25, -0.2) is 0 Å². The minimum atomic E-state index is -0.0170. The molecular weight excluding hydrogens is 440 g/mol. The fraction of sp³-hybridized carbons (Fsp3) is 0.286. The molecule has 1 saturated heterocycles. The lowest BCUT2D eigenvalue weighted by Gasteiger charge is -2.36. The molecular formula is C28H28N4O3. The first kappa shape index (κ1) is 21.7. The third-order valence-corrected chi connectivity index (χ3v) is 7.00. The van der Waals surface area contributed by atoms with Crippen LogP contribution in [0.2, 0.25) is 0 Å². The summed E-state index contributed by atoms with van der Waals surface area (Å²) in [6, 6.07) is 17.4. The van der Waals surface area contributed by atoms with Gasteiger partial charge in [-0.2, -0.15) is 0 Å². The van der Waals surface area contributed by atoms with Gasteiger partial charge in [0.1, 0.15) is 11.3 Å². The second-order valence-electron chi connectivity index (χ2n) is 9.11. The van der Waals surface area contributed by atoms with Crippen molar-refractivity contribution in [2.24, 2.45) is 0 Å². The second kappa shape index (κ2) is 8.74. The summed E-state index contributed by atoms with van der Waals surface area (Å²) in [5, 5.41) is 8.79. The predicted molar refractivity (Wildman–Crippen MR) is 138 cm³/mol. The number of aromatic nitrogens is 1. The van der Waals surface area contributed by atoms with E-state index in [0.717, 1.165) is 78.4 Å². The molecule has 0 unspecified atom stereocenters. The van der Waals surface area contributed by atoms with Crippen molar-refractivity contribution in [3.05, 3.63) is 65.7 Å². The van der Waals surface area contributed by atoms with E-state index in [4.69, 9.17) is 9.26 Å². The summed E-state index contributed by atoms with van der Waals surface area (Å²) in [6.45, 7) is 7.16. The van der Waals surface area contributed by atoms with Gasteiger partial charge in [0, 0.05) is 43.0 Å². The first-order valence-corrected chi connectivity index (χ1v) is 12.2. The van der Waals surface area contributed by atoms with Crippen molar-refractivity contribution in [2.45, 2.75) is 13.3 Å². The molecule has 7 heteroatoms. The highest BCUT2D eigenvalue weighted by atomic mass is 16.5. The van der Waals surface area contributed by atoms with Crippen LogP contribution in [0.15, 0.2) is 59.1 Å². The zero-order valence-corrected chi connectivity index (χ0v) is 20.0. The summed E-state index contributed by atoms with van der Waals surface area (Å²) in [5.74, 6) is 1.43. The molecule has 35 heavy (non-hydrogen) atoms. The average Bonchev–Trinajstić information content (AvgIpc) is 3.34. The number of hydrogen-bond acceptors (Lipinski definition) is 7. The molecule has 178 valence electrons. The maximum Gasteiger partial charge on any atom is 0.196 e. The number of rotatable bonds is 6. The largest absolute Gasteiger partial charge is 0.497 e.